The van der Waals surface area contributed by atoms with Gasteiger partial charge in [-0.25, -0.2) is 8.78 Å². The fourth-order valence-electron chi connectivity index (χ4n) is 4.55. The molecule has 0 unspecified atom stereocenters. The van der Waals surface area contributed by atoms with Gasteiger partial charge in [-0.1, -0.05) is 49.6 Å². The molecule has 0 spiro atoms. The van der Waals surface area contributed by atoms with Gasteiger partial charge in [0.05, 0.1) is 0 Å². The smallest absolute Gasteiger partial charge is 0.127 e. The summed E-state index contributed by atoms with van der Waals surface area (Å²) in [6.07, 6.45) is 8.55. The van der Waals surface area contributed by atoms with Crippen LogP contribution in [0.5, 0.6) is 0 Å². The van der Waals surface area contributed by atoms with Crippen molar-refractivity contribution in [3.63, 3.8) is 0 Å². The standard InChI is InChI=1S/C26H30F2N2/c27-24-14-12-22(13-15-24)18-30-16-6-10-25(30)20-29(17-21-7-2-1-3-8-21)19-23-9-4-5-11-26(23)28/h4-6,9-16,21H,1-3,7-8,17-20H2. The van der Waals surface area contributed by atoms with E-state index in [2.05, 4.69) is 27.8 Å². The second kappa shape index (κ2) is 10.0. The van der Waals surface area contributed by atoms with Crippen LogP contribution < -0.4 is 0 Å². The molecule has 2 aromatic carbocycles. The summed E-state index contributed by atoms with van der Waals surface area (Å²) in [5.41, 5.74) is 3.03. The number of benzene rings is 2. The van der Waals surface area contributed by atoms with Crippen molar-refractivity contribution in [2.45, 2.75) is 51.7 Å². The summed E-state index contributed by atoms with van der Waals surface area (Å²) in [5.74, 6) is 0.342. The summed E-state index contributed by atoms with van der Waals surface area (Å²) >= 11 is 0. The van der Waals surface area contributed by atoms with Crippen molar-refractivity contribution in [3.05, 3.63) is 95.3 Å². The maximum Gasteiger partial charge on any atom is 0.127 e. The van der Waals surface area contributed by atoms with Gasteiger partial charge >= 0.3 is 0 Å². The number of halogens is 2. The van der Waals surface area contributed by atoms with Crippen LogP contribution in [-0.2, 0) is 19.6 Å². The number of hydrogen-bond acceptors (Lipinski definition) is 1. The van der Waals surface area contributed by atoms with Crippen molar-refractivity contribution in [1.29, 1.82) is 0 Å². The first-order valence-electron chi connectivity index (χ1n) is 11.0. The normalized spacial score (nSPS) is 15.0. The second-order valence-electron chi connectivity index (χ2n) is 8.52. The molecule has 1 aliphatic rings. The van der Waals surface area contributed by atoms with Crippen molar-refractivity contribution >= 4 is 0 Å². The topological polar surface area (TPSA) is 8.17 Å². The van der Waals surface area contributed by atoms with Crippen LogP contribution in [0.4, 0.5) is 8.78 Å². The highest BCUT2D eigenvalue weighted by Gasteiger charge is 2.19. The van der Waals surface area contributed by atoms with E-state index in [1.54, 1.807) is 12.1 Å². The van der Waals surface area contributed by atoms with E-state index in [1.165, 1.54) is 49.9 Å². The average Bonchev–Trinajstić information content (AvgIpc) is 3.18. The van der Waals surface area contributed by atoms with E-state index in [4.69, 9.17) is 0 Å². The van der Waals surface area contributed by atoms with Crippen LogP contribution in [0, 0.1) is 17.6 Å². The lowest BCUT2D eigenvalue weighted by atomic mass is 9.89. The van der Waals surface area contributed by atoms with Crippen molar-refractivity contribution in [3.8, 4) is 0 Å². The summed E-state index contributed by atoms with van der Waals surface area (Å²) in [4.78, 5) is 2.39. The Morgan fingerprint density at radius 3 is 2.37 bits per heavy atom. The van der Waals surface area contributed by atoms with Gasteiger partial charge in [-0.05, 0) is 54.7 Å². The molecule has 1 aliphatic carbocycles. The molecule has 4 rings (SSSR count). The first-order valence-corrected chi connectivity index (χ1v) is 11.0. The van der Waals surface area contributed by atoms with E-state index in [0.717, 1.165) is 24.2 Å². The molecular formula is C26H30F2N2. The molecule has 158 valence electrons. The SMILES string of the molecule is Fc1ccc(Cn2cccc2CN(Cc2ccccc2F)CC2CCCCC2)cc1. The van der Waals surface area contributed by atoms with Crippen LogP contribution in [0.3, 0.4) is 0 Å². The van der Waals surface area contributed by atoms with Crippen LogP contribution in [0.1, 0.15) is 48.9 Å². The van der Waals surface area contributed by atoms with Gasteiger partial charge in [0.2, 0.25) is 0 Å². The quantitative estimate of drug-likeness (QED) is 0.419. The first-order chi connectivity index (χ1) is 14.7. The summed E-state index contributed by atoms with van der Waals surface area (Å²) in [5, 5.41) is 0. The molecule has 1 aromatic heterocycles. The van der Waals surface area contributed by atoms with Crippen LogP contribution in [0.15, 0.2) is 66.9 Å². The molecule has 0 radical (unpaired) electrons. The Kier molecular flexibility index (Phi) is 6.96. The molecule has 0 amide bonds. The van der Waals surface area contributed by atoms with Gasteiger partial charge in [0.1, 0.15) is 11.6 Å². The molecule has 30 heavy (non-hydrogen) atoms. The van der Waals surface area contributed by atoms with Crippen molar-refractivity contribution in [2.75, 3.05) is 6.54 Å². The lowest BCUT2D eigenvalue weighted by molar-refractivity contribution is 0.181. The minimum absolute atomic E-state index is 0.132. The Balaban J connectivity index is 1.50. The van der Waals surface area contributed by atoms with E-state index < -0.39 is 0 Å². The molecule has 0 aliphatic heterocycles. The average molecular weight is 409 g/mol. The summed E-state index contributed by atoms with van der Waals surface area (Å²) < 4.78 is 29.8. The molecule has 1 saturated carbocycles. The first kappa shape index (κ1) is 20.8. The monoisotopic (exact) mass is 408 g/mol. The molecule has 0 N–H and O–H groups in total. The minimum Gasteiger partial charge on any atom is -0.346 e. The Bertz CT molecular complexity index is 926. The maximum absolute atomic E-state index is 14.3. The molecule has 0 atom stereocenters. The maximum atomic E-state index is 14.3. The van der Waals surface area contributed by atoms with Crippen LogP contribution in [0.25, 0.3) is 0 Å². The zero-order chi connectivity index (χ0) is 20.8. The van der Waals surface area contributed by atoms with E-state index in [0.29, 0.717) is 19.0 Å². The zero-order valence-corrected chi connectivity index (χ0v) is 17.4. The molecule has 2 nitrogen and oxygen atoms in total. The molecule has 4 heteroatoms. The minimum atomic E-state index is -0.213. The van der Waals surface area contributed by atoms with E-state index in [-0.39, 0.29) is 11.6 Å². The molecule has 0 saturated heterocycles. The second-order valence-corrected chi connectivity index (χ2v) is 8.52. The van der Waals surface area contributed by atoms with Gasteiger partial charge in [-0.15, -0.1) is 0 Å². The highest BCUT2D eigenvalue weighted by molar-refractivity contribution is 5.20. The lowest BCUT2D eigenvalue weighted by Gasteiger charge is -2.30. The van der Waals surface area contributed by atoms with Gasteiger partial charge in [-0.3, -0.25) is 4.90 Å². The zero-order valence-electron chi connectivity index (χ0n) is 17.4. The molecule has 1 fully saturated rings. The summed E-state index contributed by atoms with van der Waals surface area (Å²) in [6, 6.07) is 18.0. The van der Waals surface area contributed by atoms with E-state index in [9.17, 15) is 8.78 Å². The lowest BCUT2D eigenvalue weighted by Crippen LogP contribution is -2.31. The van der Waals surface area contributed by atoms with E-state index >= 15 is 0 Å². The fourth-order valence-corrected chi connectivity index (χ4v) is 4.55. The Hall–Kier alpha value is -2.46. The van der Waals surface area contributed by atoms with Crippen molar-refractivity contribution < 1.29 is 8.78 Å². The molecule has 1 heterocycles. The Labute approximate surface area is 178 Å². The number of rotatable bonds is 8. The van der Waals surface area contributed by atoms with Gasteiger partial charge < -0.3 is 4.57 Å². The van der Waals surface area contributed by atoms with Gasteiger partial charge in [0, 0.05) is 43.6 Å². The molecule has 3 aromatic rings. The highest BCUT2D eigenvalue weighted by Crippen LogP contribution is 2.26. The largest absolute Gasteiger partial charge is 0.346 e. The third-order valence-electron chi connectivity index (χ3n) is 6.17. The Morgan fingerprint density at radius 2 is 1.60 bits per heavy atom. The Morgan fingerprint density at radius 1 is 0.833 bits per heavy atom. The van der Waals surface area contributed by atoms with Crippen molar-refractivity contribution in [2.24, 2.45) is 5.92 Å². The van der Waals surface area contributed by atoms with Gasteiger partial charge in [0.25, 0.3) is 0 Å². The number of nitrogens with zero attached hydrogens (tertiary/aromatic N) is 2. The highest BCUT2D eigenvalue weighted by atomic mass is 19.1. The van der Waals surface area contributed by atoms with Crippen molar-refractivity contribution in [1.82, 2.24) is 9.47 Å². The fraction of sp³-hybridized carbons (Fsp3) is 0.385. The van der Waals surface area contributed by atoms with Crippen LogP contribution in [-0.4, -0.2) is 16.0 Å². The molecule has 0 bridgehead atoms. The van der Waals surface area contributed by atoms with Gasteiger partial charge in [-0.2, -0.15) is 0 Å². The predicted molar refractivity (Wildman–Crippen MR) is 117 cm³/mol. The number of aromatic nitrogens is 1. The van der Waals surface area contributed by atoms with Gasteiger partial charge in [0.15, 0.2) is 0 Å². The molecular weight excluding hydrogens is 378 g/mol. The van der Waals surface area contributed by atoms with E-state index in [1.807, 2.05) is 24.3 Å². The summed E-state index contributed by atoms with van der Waals surface area (Å²) in [7, 11) is 0. The third kappa shape index (κ3) is 5.57. The van der Waals surface area contributed by atoms with Crippen LogP contribution >= 0.6 is 0 Å². The number of hydrogen-bond donors (Lipinski definition) is 0. The third-order valence-corrected chi connectivity index (χ3v) is 6.17. The van der Waals surface area contributed by atoms with Crippen LogP contribution in [0.2, 0.25) is 0 Å². The summed E-state index contributed by atoms with van der Waals surface area (Å²) in [6.45, 7) is 3.10. The predicted octanol–water partition coefficient (Wildman–Crippen LogP) is 6.40.